The zero-order valence-corrected chi connectivity index (χ0v) is 19.9. The van der Waals surface area contributed by atoms with E-state index in [1.54, 1.807) is 0 Å². The Morgan fingerprint density at radius 2 is 1.69 bits per heavy atom. The lowest BCUT2D eigenvalue weighted by Crippen LogP contribution is -2.50. The Balaban J connectivity index is 1.64. The van der Waals surface area contributed by atoms with Crippen LogP contribution in [0.15, 0.2) is 23.8 Å². The minimum atomic E-state index is 0.127. The van der Waals surface area contributed by atoms with E-state index in [1.807, 2.05) is 12.1 Å². The average molecular weight is 461 g/mol. The predicted octanol–water partition coefficient (Wildman–Crippen LogP) is 7.57. The standard InChI is InChI=1S/C26H37BrO2/c1-17-13-19(21-16-20(17)25(21,2)3)24-22(28)14-18(15-23(24)29)26(10-6-7-11-26)9-5-4-8-12-27/h13-15,19-21,28-29H,4-12,16H2,1-3H3/t19-,20+,21-/m0/s1. The molecule has 0 aliphatic heterocycles. The molecule has 2 fully saturated rings. The second-order valence-electron chi connectivity index (χ2n) is 10.6. The van der Waals surface area contributed by atoms with Crippen molar-refractivity contribution in [3.8, 4) is 11.5 Å². The Morgan fingerprint density at radius 1 is 1.03 bits per heavy atom. The second-order valence-corrected chi connectivity index (χ2v) is 11.4. The smallest absolute Gasteiger partial charge is 0.123 e. The molecule has 2 bridgehead atoms. The van der Waals surface area contributed by atoms with Gasteiger partial charge in [-0.05, 0) is 79.4 Å². The minimum Gasteiger partial charge on any atom is -0.507 e. The van der Waals surface area contributed by atoms with E-state index in [9.17, 15) is 10.2 Å². The number of unbranched alkanes of at least 4 members (excludes halogenated alkanes) is 2. The summed E-state index contributed by atoms with van der Waals surface area (Å²) in [6.45, 7) is 6.91. The van der Waals surface area contributed by atoms with Gasteiger partial charge in [-0.3, -0.25) is 0 Å². The van der Waals surface area contributed by atoms with Crippen LogP contribution in [0.3, 0.4) is 0 Å². The number of fused-ring (bicyclic) bond motifs is 1. The third-order valence-electron chi connectivity index (χ3n) is 8.70. The molecule has 2 N–H and O–H groups in total. The molecule has 5 rings (SSSR count). The summed E-state index contributed by atoms with van der Waals surface area (Å²) in [6.07, 6.45) is 13.2. The van der Waals surface area contributed by atoms with Gasteiger partial charge in [0.2, 0.25) is 0 Å². The molecule has 160 valence electrons. The normalized spacial score (nSPS) is 29.4. The van der Waals surface area contributed by atoms with Gasteiger partial charge in [-0.15, -0.1) is 0 Å². The number of alkyl halides is 1. The van der Waals surface area contributed by atoms with Crippen molar-refractivity contribution in [3.05, 3.63) is 34.9 Å². The molecule has 0 amide bonds. The maximum Gasteiger partial charge on any atom is 0.123 e. The van der Waals surface area contributed by atoms with E-state index < -0.39 is 0 Å². The van der Waals surface area contributed by atoms with Gasteiger partial charge in [0.25, 0.3) is 0 Å². The summed E-state index contributed by atoms with van der Waals surface area (Å²) in [7, 11) is 0. The van der Waals surface area contributed by atoms with Gasteiger partial charge in [0.05, 0.1) is 0 Å². The first kappa shape index (κ1) is 21.3. The molecule has 0 heterocycles. The summed E-state index contributed by atoms with van der Waals surface area (Å²) >= 11 is 3.54. The van der Waals surface area contributed by atoms with E-state index in [0.29, 0.717) is 23.3 Å². The largest absolute Gasteiger partial charge is 0.507 e. The highest BCUT2D eigenvalue weighted by Crippen LogP contribution is 2.65. The number of rotatable bonds is 7. The number of hydrogen-bond donors (Lipinski definition) is 2. The third kappa shape index (κ3) is 3.56. The van der Waals surface area contributed by atoms with Crippen LogP contribution in [0.2, 0.25) is 0 Å². The molecule has 4 aliphatic carbocycles. The number of aromatic hydroxyl groups is 2. The van der Waals surface area contributed by atoms with E-state index >= 15 is 0 Å². The summed E-state index contributed by atoms with van der Waals surface area (Å²) < 4.78 is 0. The zero-order chi connectivity index (χ0) is 20.8. The molecular weight excluding hydrogens is 424 g/mol. The number of hydrogen-bond acceptors (Lipinski definition) is 2. The van der Waals surface area contributed by atoms with Crippen molar-refractivity contribution in [2.75, 3.05) is 5.33 Å². The highest BCUT2D eigenvalue weighted by atomic mass is 79.9. The highest BCUT2D eigenvalue weighted by molar-refractivity contribution is 9.09. The van der Waals surface area contributed by atoms with Gasteiger partial charge in [-0.2, -0.15) is 0 Å². The molecule has 1 aromatic rings. The maximum absolute atomic E-state index is 11.1. The monoisotopic (exact) mass is 460 g/mol. The predicted molar refractivity (Wildman–Crippen MR) is 124 cm³/mol. The van der Waals surface area contributed by atoms with Crippen LogP contribution in [-0.4, -0.2) is 15.5 Å². The summed E-state index contributed by atoms with van der Waals surface area (Å²) in [5.74, 6) is 1.91. The molecule has 29 heavy (non-hydrogen) atoms. The summed E-state index contributed by atoms with van der Waals surface area (Å²) in [5, 5.41) is 23.3. The SMILES string of the molecule is CC1=C[C@H](c2c(O)cc(C3(CCCCCBr)CCCC3)cc2O)[C@@H]2C[C@H]1C2(C)C. The Kier molecular flexibility index (Phi) is 5.83. The summed E-state index contributed by atoms with van der Waals surface area (Å²) in [4.78, 5) is 0. The molecule has 4 aliphatic rings. The van der Waals surface area contributed by atoms with Crippen LogP contribution in [0.4, 0.5) is 0 Å². The molecule has 0 radical (unpaired) electrons. The molecule has 3 heteroatoms. The van der Waals surface area contributed by atoms with E-state index in [4.69, 9.17) is 0 Å². The van der Waals surface area contributed by atoms with Crippen LogP contribution in [0.25, 0.3) is 0 Å². The van der Waals surface area contributed by atoms with Crippen molar-refractivity contribution < 1.29 is 10.2 Å². The van der Waals surface area contributed by atoms with E-state index in [2.05, 4.69) is 42.8 Å². The number of allylic oxidation sites excluding steroid dienone is 2. The van der Waals surface area contributed by atoms with Crippen molar-refractivity contribution in [1.29, 1.82) is 0 Å². The van der Waals surface area contributed by atoms with Gasteiger partial charge in [0.1, 0.15) is 11.5 Å². The number of halogens is 1. The van der Waals surface area contributed by atoms with Crippen molar-refractivity contribution in [2.24, 2.45) is 17.3 Å². The fourth-order valence-corrected chi connectivity index (χ4v) is 7.28. The number of phenols is 2. The van der Waals surface area contributed by atoms with Crippen LogP contribution in [0.5, 0.6) is 11.5 Å². The van der Waals surface area contributed by atoms with Crippen molar-refractivity contribution in [1.82, 2.24) is 0 Å². The fraction of sp³-hybridized carbons (Fsp3) is 0.692. The Morgan fingerprint density at radius 3 is 2.24 bits per heavy atom. The van der Waals surface area contributed by atoms with E-state index in [0.717, 1.165) is 22.9 Å². The molecule has 2 saturated carbocycles. The van der Waals surface area contributed by atoms with Crippen molar-refractivity contribution in [2.45, 2.75) is 89.9 Å². The van der Waals surface area contributed by atoms with Crippen LogP contribution in [-0.2, 0) is 5.41 Å². The van der Waals surface area contributed by atoms with Crippen molar-refractivity contribution >= 4 is 15.9 Å². The van der Waals surface area contributed by atoms with Crippen molar-refractivity contribution in [3.63, 3.8) is 0 Å². The quantitative estimate of drug-likeness (QED) is 0.250. The van der Waals surface area contributed by atoms with Gasteiger partial charge >= 0.3 is 0 Å². The van der Waals surface area contributed by atoms with E-state index in [1.165, 1.54) is 56.9 Å². The Labute approximate surface area is 184 Å². The molecule has 3 atom stereocenters. The van der Waals surface area contributed by atoms with Crippen LogP contribution in [0.1, 0.15) is 95.6 Å². The molecule has 0 unspecified atom stereocenters. The number of phenolic OH excluding ortho intramolecular Hbond substituents is 2. The Bertz CT molecular complexity index is 765. The molecule has 0 saturated heterocycles. The lowest BCUT2D eigenvalue weighted by atomic mass is 9.45. The first-order valence-corrected chi connectivity index (χ1v) is 12.7. The molecule has 2 nitrogen and oxygen atoms in total. The number of benzene rings is 1. The topological polar surface area (TPSA) is 40.5 Å². The fourth-order valence-electron chi connectivity index (χ4n) is 6.88. The highest BCUT2D eigenvalue weighted by Gasteiger charge is 2.55. The lowest BCUT2D eigenvalue weighted by Gasteiger charge is -2.59. The van der Waals surface area contributed by atoms with Crippen LogP contribution < -0.4 is 0 Å². The molecule has 0 spiro atoms. The molecule has 1 aromatic carbocycles. The third-order valence-corrected chi connectivity index (χ3v) is 9.26. The first-order valence-electron chi connectivity index (χ1n) is 11.6. The summed E-state index contributed by atoms with van der Waals surface area (Å²) in [6, 6.07) is 4.01. The maximum atomic E-state index is 11.1. The van der Waals surface area contributed by atoms with Crippen LogP contribution >= 0.6 is 15.9 Å². The lowest BCUT2D eigenvalue weighted by molar-refractivity contribution is -0.0198. The van der Waals surface area contributed by atoms with Gasteiger partial charge in [-0.1, -0.05) is 67.1 Å². The summed E-state index contributed by atoms with van der Waals surface area (Å²) in [5.41, 5.74) is 3.73. The molecule has 0 aromatic heterocycles. The van der Waals surface area contributed by atoms with Gasteiger partial charge in [0, 0.05) is 16.8 Å². The first-order chi connectivity index (χ1) is 13.8. The average Bonchev–Trinajstić information content (AvgIpc) is 3.14. The van der Waals surface area contributed by atoms with E-state index in [-0.39, 0.29) is 16.7 Å². The zero-order valence-electron chi connectivity index (χ0n) is 18.3. The van der Waals surface area contributed by atoms with Gasteiger partial charge < -0.3 is 10.2 Å². The molecular formula is C26H37BrO2. The van der Waals surface area contributed by atoms with Gasteiger partial charge in [0.15, 0.2) is 0 Å². The van der Waals surface area contributed by atoms with Gasteiger partial charge in [-0.25, -0.2) is 0 Å². The Hall–Kier alpha value is -0.960. The van der Waals surface area contributed by atoms with Crippen LogP contribution in [0, 0.1) is 17.3 Å². The second kappa shape index (κ2) is 7.94. The minimum absolute atomic E-state index is 0.127.